The van der Waals surface area contributed by atoms with Crippen LogP contribution in [0.3, 0.4) is 0 Å². The van der Waals surface area contributed by atoms with Gasteiger partial charge in [0.05, 0.1) is 36.3 Å². The zero-order chi connectivity index (χ0) is 28.5. The van der Waals surface area contributed by atoms with Gasteiger partial charge in [-0.1, -0.05) is 19.9 Å². The summed E-state index contributed by atoms with van der Waals surface area (Å²) in [5, 5.41) is 19.7. The second kappa shape index (κ2) is 13.8. The minimum Gasteiger partial charge on any atom is -0.493 e. The number of aromatic nitrogens is 4. The molecule has 12 heteroatoms. The summed E-state index contributed by atoms with van der Waals surface area (Å²) in [6.07, 6.45) is 5.41. The van der Waals surface area contributed by atoms with Gasteiger partial charge >= 0.3 is 0 Å². The van der Waals surface area contributed by atoms with E-state index in [9.17, 15) is 18.7 Å². The molecule has 0 radical (unpaired) electrons. The Morgan fingerprint density at radius 3 is 2.83 bits per heavy atom. The van der Waals surface area contributed by atoms with Crippen molar-refractivity contribution in [1.82, 2.24) is 24.6 Å². The van der Waals surface area contributed by atoms with Gasteiger partial charge in [-0.2, -0.15) is 5.10 Å². The molecule has 0 aliphatic carbocycles. The number of carbonyl (C=O) groups excluding carboxylic acids is 1. The zero-order valence-corrected chi connectivity index (χ0v) is 22.5. The largest absolute Gasteiger partial charge is 0.493 e. The molecule has 212 valence electrons. The summed E-state index contributed by atoms with van der Waals surface area (Å²) in [7, 11) is 0. The third kappa shape index (κ3) is 7.93. The maximum atomic E-state index is 13.8. The van der Waals surface area contributed by atoms with E-state index in [2.05, 4.69) is 44.4 Å². The van der Waals surface area contributed by atoms with Gasteiger partial charge in [0.15, 0.2) is 11.6 Å². The number of ether oxygens (including phenoxy) is 1. The van der Waals surface area contributed by atoms with E-state index in [1.165, 1.54) is 29.3 Å². The van der Waals surface area contributed by atoms with E-state index in [-0.39, 0.29) is 18.8 Å². The summed E-state index contributed by atoms with van der Waals surface area (Å²) in [6.45, 7) is 7.24. The predicted molar refractivity (Wildman–Crippen MR) is 149 cm³/mol. The highest BCUT2D eigenvalue weighted by molar-refractivity contribution is 5.92. The van der Waals surface area contributed by atoms with Crippen molar-refractivity contribution >= 4 is 34.0 Å². The van der Waals surface area contributed by atoms with Crippen LogP contribution in [-0.2, 0) is 11.3 Å². The standard InChI is InChI=1S/C28H33F2N7O3/c1-19(2)15-36(10-11-38)9-4-12-40-21-7-8-22-25(13-21)31-18-32-28(22)34-20-14-33-37(16-20)17-26(39)35-24-6-3-5-23(29)27(24)30/h3,5-8,13-14,16,18-19,38H,4,9-12,15,17H2,1-2H3,(H,35,39)(H,31,32,34). The van der Waals surface area contributed by atoms with E-state index >= 15 is 0 Å². The molecule has 2 aromatic heterocycles. The number of hydrogen-bond donors (Lipinski definition) is 3. The normalized spacial score (nSPS) is 11.4. The summed E-state index contributed by atoms with van der Waals surface area (Å²) in [6, 6.07) is 9.15. The second-order valence-corrected chi connectivity index (χ2v) is 9.72. The van der Waals surface area contributed by atoms with E-state index < -0.39 is 17.5 Å². The first kappa shape index (κ1) is 28.8. The van der Waals surface area contributed by atoms with Crippen LogP contribution in [0.15, 0.2) is 55.1 Å². The molecule has 0 saturated heterocycles. The fraction of sp³-hybridized carbons (Fsp3) is 0.357. The first-order chi connectivity index (χ1) is 19.3. The van der Waals surface area contributed by atoms with Crippen LogP contribution in [0, 0.1) is 17.6 Å². The van der Waals surface area contributed by atoms with Gasteiger partial charge in [0, 0.05) is 37.3 Å². The van der Waals surface area contributed by atoms with Gasteiger partial charge in [-0.05, 0) is 36.6 Å². The number of benzene rings is 2. The molecule has 0 atom stereocenters. The molecule has 0 spiro atoms. The Kier molecular flexibility index (Phi) is 9.92. The first-order valence-corrected chi connectivity index (χ1v) is 13.1. The quantitative estimate of drug-likeness (QED) is 0.199. The molecule has 4 aromatic rings. The molecule has 10 nitrogen and oxygen atoms in total. The topological polar surface area (TPSA) is 117 Å². The van der Waals surface area contributed by atoms with Crippen molar-refractivity contribution < 1.29 is 23.4 Å². The molecule has 0 unspecified atom stereocenters. The predicted octanol–water partition coefficient (Wildman–Crippen LogP) is 4.21. The van der Waals surface area contributed by atoms with Crippen molar-refractivity contribution in [3.05, 3.63) is 66.8 Å². The SMILES string of the molecule is CC(C)CN(CCO)CCCOc1ccc2c(Nc3cnn(CC(=O)Nc4cccc(F)c4F)c3)ncnc2c1. The average molecular weight is 554 g/mol. The number of rotatable bonds is 14. The van der Waals surface area contributed by atoms with Gasteiger partial charge < -0.3 is 25.4 Å². The smallest absolute Gasteiger partial charge is 0.246 e. The van der Waals surface area contributed by atoms with Crippen molar-refractivity contribution in [2.45, 2.75) is 26.8 Å². The number of anilines is 3. The maximum absolute atomic E-state index is 13.8. The highest BCUT2D eigenvalue weighted by Gasteiger charge is 2.13. The van der Waals surface area contributed by atoms with Crippen LogP contribution in [0.5, 0.6) is 5.75 Å². The molecule has 3 N–H and O–H groups in total. The molecule has 0 aliphatic rings. The molecule has 40 heavy (non-hydrogen) atoms. The van der Waals surface area contributed by atoms with Crippen molar-refractivity contribution in [3.63, 3.8) is 0 Å². The van der Waals surface area contributed by atoms with E-state index in [0.29, 0.717) is 41.8 Å². The number of aliphatic hydroxyl groups is 1. The molecular weight excluding hydrogens is 520 g/mol. The highest BCUT2D eigenvalue weighted by atomic mass is 19.2. The lowest BCUT2D eigenvalue weighted by atomic mass is 10.2. The number of fused-ring (bicyclic) bond motifs is 1. The van der Waals surface area contributed by atoms with Crippen LogP contribution >= 0.6 is 0 Å². The number of amides is 1. The van der Waals surface area contributed by atoms with Crippen LogP contribution < -0.4 is 15.4 Å². The number of aliphatic hydroxyl groups excluding tert-OH is 1. The molecule has 4 rings (SSSR count). The summed E-state index contributed by atoms with van der Waals surface area (Å²) in [5.74, 6) is -0.933. The Morgan fingerprint density at radius 1 is 1.18 bits per heavy atom. The van der Waals surface area contributed by atoms with Crippen LogP contribution in [0.25, 0.3) is 10.9 Å². The Morgan fingerprint density at radius 2 is 2.02 bits per heavy atom. The second-order valence-electron chi connectivity index (χ2n) is 9.72. The van der Waals surface area contributed by atoms with Gasteiger partial charge in [-0.3, -0.25) is 9.48 Å². The Hall–Kier alpha value is -4.16. The summed E-state index contributed by atoms with van der Waals surface area (Å²) >= 11 is 0. The average Bonchev–Trinajstić information content (AvgIpc) is 3.35. The first-order valence-electron chi connectivity index (χ1n) is 13.1. The van der Waals surface area contributed by atoms with Gasteiger partial charge in [-0.15, -0.1) is 0 Å². The van der Waals surface area contributed by atoms with Gasteiger partial charge in [0.2, 0.25) is 5.91 Å². The van der Waals surface area contributed by atoms with Gasteiger partial charge in [-0.25, -0.2) is 18.7 Å². The third-order valence-electron chi connectivity index (χ3n) is 5.96. The fourth-order valence-electron chi connectivity index (χ4n) is 4.25. The van der Waals surface area contributed by atoms with Gasteiger partial charge in [0.1, 0.15) is 24.4 Å². The number of carbonyl (C=O) groups is 1. The van der Waals surface area contributed by atoms with Crippen LogP contribution in [0.4, 0.5) is 26.0 Å². The Bertz CT molecular complexity index is 1430. The lowest BCUT2D eigenvalue weighted by Crippen LogP contribution is -2.32. The molecule has 1 amide bonds. The van der Waals surface area contributed by atoms with Crippen molar-refractivity contribution in [2.75, 3.05) is 43.5 Å². The van der Waals surface area contributed by atoms with E-state index in [1.54, 1.807) is 6.20 Å². The van der Waals surface area contributed by atoms with E-state index in [1.807, 2.05) is 18.2 Å². The van der Waals surface area contributed by atoms with E-state index in [4.69, 9.17) is 4.74 Å². The van der Waals surface area contributed by atoms with Crippen LogP contribution in [0.2, 0.25) is 0 Å². The van der Waals surface area contributed by atoms with Crippen molar-refractivity contribution in [3.8, 4) is 5.75 Å². The minimum atomic E-state index is -1.12. The third-order valence-corrected chi connectivity index (χ3v) is 5.96. The van der Waals surface area contributed by atoms with Crippen LogP contribution in [-0.4, -0.2) is 68.5 Å². The molecular formula is C28H33F2N7O3. The monoisotopic (exact) mass is 553 g/mol. The molecule has 0 saturated carbocycles. The van der Waals surface area contributed by atoms with Crippen molar-refractivity contribution in [2.24, 2.45) is 5.92 Å². The molecule has 0 fully saturated rings. The van der Waals surface area contributed by atoms with Crippen LogP contribution in [0.1, 0.15) is 20.3 Å². The molecule has 0 bridgehead atoms. The number of halogens is 2. The Balaban J connectivity index is 1.33. The minimum absolute atomic E-state index is 0.141. The molecule has 2 heterocycles. The highest BCUT2D eigenvalue weighted by Crippen LogP contribution is 2.26. The maximum Gasteiger partial charge on any atom is 0.246 e. The zero-order valence-electron chi connectivity index (χ0n) is 22.5. The molecule has 2 aromatic carbocycles. The number of nitrogens with zero attached hydrogens (tertiary/aromatic N) is 5. The van der Waals surface area contributed by atoms with Crippen molar-refractivity contribution in [1.29, 1.82) is 0 Å². The Labute approximate surface area is 231 Å². The number of hydrogen-bond acceptors (Lipinski definition) is 8. The summed E-state index contributed by atoms with van der Waals surface area (Å²) < 4.78 is 34.5. The number of nitrogens with one attached hydrogen (secondary N) is 2. The van der Waals surface area contributed by atoms with Gasteiger partial charge in [0.25, 0.3) is 0 Å². The summed E-state index contributed by atoms with van der Waals surface area (Å²) in [5.41, 5.74) is 1.04. The fourth-order valence-corrected chi connectivity index (χ4v) is 4.25. The summed E-state index contributed by atoms with van der Waals surface area (Å²) in [4.78, 5) is 23.2. The lowest BCUT2D eigenvalue weighted by Gasteiger charge is -2.23. The molecule has 0 aliphatic heterocycles. The van der Waals surface area contributed by atoms with E-state index in [0.717, 1.165) is 31.0 Å². The lowest BCUT2D eigenvalue weighted by molar-refractivity contribution is -0.116.